The monoisotopic (exact) mass is 265 g/mol. The Morgan fingerprint density at radius 2 is 2.11 bits per heavy atom. The maximum atomic E-state index is 4.64. The maximum absolute atomic E-state index is 4.64. The molecule has 0 saturated heterocycles. The van der Waals surface area contributed by atoms with E-state index in [0.29, 0.717) is 12.0 Å². The normalized spacial score (nSPS) is 17.3. The van der Waals surface area contributed by atoms with Crippen molar-refractivity contribution in [2.45, 2.75) is 58.0 Å². The van der Waals surface area contributed by atoms with E-state index in [-0.39, 0.29) is 0 Å². The van der Waals surface area contributed by atoms with Crippen LogP contribution in [0.3, 0.4) is 0 Å². The van der Waals surface area contributed by atoms with Gasteiger partial charge < -0.3 is 5.32 Å². The first-order valence-corrected chi connectivity index (χ1v) is 7.50. The summed E-state index contributed by atoms with van der Waals surface area (Å²) in [5.74, 6) is 1.63. The predicted octanol–water partition coefficient (Wildman–Crippen LogP) is 2.34. The fourth-order valence-electron chi connectivity index (χ4n) is 2.47. The molecular formula is C12H19N5S. The lowest BCUT2D eigenvalue weighted by Gasteiger charge is -2.05. The van der Waals surface area contributed by atoms with Gasteiger partial charge in [-0.05, 0) is 12.8 Å². The molecule has 1 aliphatic rings. The minimum absolute atomic E-state index is 0.480. The Labute approximate surface area is 111 Å². The first kappa shape index (κ1) is 12.0. The van der Waals surface area contributed by atoms with Crippen molar-refractivity contribution in [3.05, 3.63) is 10.8 Å². The van der Waals surface area contributed by atoms with E-state index in [1.165, 1.54) is 25.7 Å². The van der Waals surface area contributed by atoms with E-state index >= 15 is 0 Å². The summed E-state index contributed by atoms with van der Waals surface area (Å²) in [6, 6.07) is 0.480. The van der Waals surface area contributed by atoms with Crippen molar-refractivity contribution in [2.24, 2.45) is 0 Å². The van der Waals surface area contributed by atoms with Crippen LogP contribution in [0, 0.1) is 0 Å². The Bertz CT molecular complexity index is 524. The molecule has 5 nitrogen and oxygen atoms in total. The Kier molecular flexibility index (Phi) is 3.30. The Morgan fingerprint density at radius 1 is 1.33 bits per heavy atom. The van der Waals surface area contributed by atoms with Crippen molar-refractivity contribution in [1.29, 1.82) is 0 Å². The summed E-state index contributed by atoms with van der Waals surface area (Å²) in [7, 11) is 0. The second-order valence-electron chi connectivity index (χ2n) is 5.27. The average Bonchev–Trinajstić information content (AvgIpc) is 3.01. The molecule has 3 rings (SSSR count). The third-order valence-corrected chi connectivity index (χ3v) is 4.34. The summed E-state index contributed by atoms with van der Waals surface area (Å²) in [5, 5.41) is 17.7. The molecule has 0 amide bonds. The van der Waals surface area contributed by atoms with Crippen LogP contribution in [0.25, 0.3) is 4.96 Å². The molecule has 0 spiro atoms. The van der Waals surface area contributed by atoms with E-state index in [0.717, 1.165) is 22.3 Å². The van der Waals surface area contributed by atoms with Gasteiger partial charge in [0.15, 0.2) is 5.82 Å². The minimum Gasteiger partial charge on any atom is -0.308 e. The molecule has 2 aromatic heterocycles. The molecular weight excluding hydrogens is 246 g/mol. The van der Waals surface area contributed by atoms with Crippen LogP contribution < -0.4 is 5.32 Å². The predicted molar refractivity (Wildman–Crippen MR) is 71.8 cm³/mol. The van der Waals surface area contributed by atoms with Gasteiger partial charge in [0, 0.05) is 18.5 Å². The van der Waals surface area contributed by atoms with Gasteiger partial charge in [-0.25, -0.2) is 0 Å². The zero-order chi connectivity index (χ0) is 12.5. The van der Waals surface area contributed by atoms with E-state index < -0.39 is 0 Å². The molecule has 18 heavy (non-hydrogen) atoms. The number of rotatable bonds is 4. The van der Waals surface area contributed by atoms with Crippen LogP contribution in [0.5, 0.6) is 0 Å². The van der Waals surface area contributed by atoms with Crippen LogP contribution in [0.4, 0.5) is 0 Å². The van der Waals surface area contributed by atoms with Gasteiger partial charge in [-0.1, -0.05) is 38.0 Å². The molecule has 0 aliphatic heterocycles. The Hall–Kier alpha value is -1.01. The van der Waals surface area contributed by atoms with Crippen molar-refractivity contribution in [2.75, 3.05) is 0 Å². The van der Waals surface area contributed by atoms with Crippen LogP contribution in [-0.4, -0.2) is 25.9 Å². The van der Waals surface area contributed by atoms with E-state index in [1.807, 2.05) is 4.52 Å². The number of fused-ring (bicyclic) bond motifs is 1. The van der Waals surface area contributed by atoms with Crippen LogP contribution in [0.2, 0.25) is 0 Å². The van der Waals surface area contributed by atoms with Crippen molar-refractivity contribution in [3.8, 4) is 0 Å². The fourth-order valence-corrected chi connectivity index (χ4v) is 3.26. The number of nitrogens with zero attached hydrogens (tertiary/aromatic N) is 4. The standard InChI is InChI=1S/C12H19N5S/c1-8(2)13-7-10-16-17-11(9-5-3-4-6-9)14-15-12(17)18-10/h8-9,13H,3-7H2,1-2H3. The first-order valence-electron chi connectivity index (χ1n) is 6.68. The Morgan fingerprint density at radius 3 is 2.83 bits per heavy atom. The number of hydrogen-bond donors (Lipinski definition) is 1. The summed E-state index contributed by atoms with van der Waals surface area (Å²) in [6.07, 6.45) is 5.09. The van der Waals surface area contributed by atoms with Crippen LogP contribution in [0.15, 0.2) is 0 Å². The van der Waals surface area contributed by atoms with E-state index in [2.05, 4.69) is 34.5 Å². The average molecular weight is 265 g/mol. The van der Waals surface area contributed by atoms with Gasteiger partial charge in [-0.3, -0.25) is 0 Å². The summed E-state index contributed by atoms with van der Waals surface area (Å²) >= 11 is 1.63. The van der Waals surface area contributed by atoms with E-state index in [4.69, 9.17) is 0 Å². The highest BCUT2D eigenvalue weighted by atomic mass is 32.1. The van der Waals surface area contributed by atoms with Crippen LogP contribution in [-0.2, 0) is 6.54 Å². The molecule has 0 unspecified atom stereocenters. The van der Waals surface area contributed by atoms with E-state index in [9.17, 15) is 0 Å². The van der Waals surface area contributed by atoms with E-state index in [1.54, 1.807) is 11.3 Å². The molecule has 98 valence electrons. The lowest BCUT2D eigenvalue weighted by atomic mass is 10.1. The SMILES string of the molecule is CC(C)NCc1nn2c(C3CCCC3)nnc2s1. The Balaban J connectivity index is 1.83. The van der Waals surface area contributed by atoms with Gasteiger partial charge in [0.1, 0.15) is 5.01 Å². The molecule has 6 heteroatoms. The summed E-state index contributed by atoms with van der Waals surface area (Å²) in [4.78, 5) is 0.928. The smallest absolute Gasteiger partial charge is 0.234 e. The molecule has 1 N–H and O–H groups in total. The number of nitrogens with one attached hydrogen (secondary N) is 1. The highest BCUT2D eigenvalue weighted by molar-refractivity contribution is 7.16. The van der Waals surface area contributed by atoms with Gasteiger partial charge in [-0.15, -0.1) is 10.2 Å². The van der Waals surface area contributed by atoms with Crippen molar-refractivity contribution < 1.29 is 0 Å². The maximum Gasteiger partial charge on any atom is 0.234 e. The second kappa shape index (κ2) is 4.93. The van der Waals surface area contributed by atoms with Crippen LogP contribution >= 0.6 is 11.3 Å². The molecule has 2 heterocycles. The molecule has 0 aromatic carbocycles. The lowest BCUT2D eigenvalue weighted by molar-refractivity contribution is 0.578. The zero-order valence-corrected chi connectivity index (χ0v) is 11.7. The third kappa shape index (κ3) is 2.27. The molecule has 2 aromatic rings. The highest BCUT2D eigenvalue weighted by Gasteiger charge is 2.23. The second-order valence-corrected chi connectivity index (χ2v) is 6.31. The van der Waals surface area contributed by atoms with Crippen LogP contribution in [0.1, 0.15) is 56.3 Å². The van der Waals surface area contributed by atoms with Gasteiger partial charge in [-0.2, -0.15) is 9.61 Å². The van der Waals surface area contributed by atoms with Crippen molar-refractivity contribution >= 4 is 16.3 Å². The molecule has 1 aliphatic carbocycles. The van der Waals surface area contributed by atoms with Crippen molar-refractivity contribution in [3.63, 3.8) is 0 Å². The van der Waals surface area contributed by atoms with Gasteiger partial charge >= 0.3 is 0 Å². The van der Waals surface area contributed by atoms with Gasteiger partial charge in [0.25, 0.3) is 0 Å². The molecule has 0 bridgehead atoms. The largest absolute Gasteiger partial charge is 0.308 e. The zero-order valence-electron chi connectivity index (χ0n) is 10.9. The number of hydrogen-bond acceptors (Lipinski definition) is 5. The summed E-state index contributed by atoms with van der Waals surface area (Å²) in [5.41, 5.74) is 0. The first-order chi connectivity index (χ1) is 8.74. The van der Waals surface area contributed by atoms with Crippen molar-refractivity contribution in [1.82, 2.24) is 25.1 Å². The minimum atomic E-state index is 0.480. The summed E-state index contributed by atoms with van der Waals surface area (Å²) in [6.45, 7) is 5.10. The van der Waals surface area contributed by atoms with Gasteiger partial charge in [0.05, 0.1) is 0 Å². The highest BCUT2D eigenvalue weighted by Crippen LogP contribution is 2.33. The molecule has 1 saturated carbocycles. The molecule has 0 radical (unpaired) electrons. The fraction of sp³-hybridized carbons (Fsp3) is 0.750. The van der Waals surface area contributed by atoms with Gasteiger partial charge in [0.2, 0.25) is 4.96 Å². The lowest BCUT2D eigenvalue weighted by Crippen LogP contribution is -2.21. The third-order valence-electron chi connectivity index (χ3n) is 3.44. The summed E-state index contributed by atoms with van der Waals surface area (Å²) < 4.78 is 1.96. The topological polar surface area (TPSA) is 55.1 Å². The molecule has 0 atom stereocenters. The number of aromatic nitrogens is 4. The quantitative estimate of drug-likeness (QED) is 0.922. The molecule has 1 fully saturated rings.